The number of hydrogen-bond donors (Lipinski definition) is 1. The van der Waals surface area contributed by atoms with Crippen molar-refractivity contribution in [3.8, 4) is 6.08 Å². The summed E-state index contributed by atoms with van der Waals surface area (Å²) in [4.78, 5) is 4.35. The summed E-state index contributed by atoms with van der Waals surface area (Å²) in [6, 6.07) is 0.691. The molecule has 2 atom stereocenters. The molecular formula is C15H22N2O2. The molecule has 1 aromatic rings. The van der Waals surface area contributed by atoms with Crippen molar-refractivity contribution in [3.63, 3.8) is 0 Å². The van der Waals surface area contributed by atoms with Gasteiger partial charge in [-0.1, -0.05) is 19.1 Å². The Morgan fingerprint density at radius 3 is 3.00 bits per heavy atom. The number of nitrogens with zero attached hydrogens (tertiary/aromatic N) is 1. The molecule has 104 valence electrons. The summed E-state index contributed by atoms with van der Waals surface area (Å²) in [5, 5.41) is 3.41. The summed E-state index contributed by atoms with van der Waals surface area (Å²) < 4.78 is 11.0. The highest BCUT2D eigenvalue weighted by Crippen LogP contribution is 2.26. The van der Waals surface area contributed by atoms with Gasteiger partial charge in [-0.15, -0.1) is 0 Å². The van der Waals surface area contributed by atoms with Gasteiger partial charge in [0.15, 0.2) is 0 Å². The van der Waals surface area contributed by atoms with Gasteiger partial charge >= 0.3 is 6.08 Å². The van der Waals surface area contributed by atoms with Crippen LogP contribution in [0.4, 0.5) is 0 Å². The molecule has 4 nitrogen and oxygen atoms in total. The molecule has 2 aliphatic carbocycles. The molecule has 4 heteroatoms. The SMILES string of the molecule is CC1CC=CCC1COc1nc(CNC2CC2)co1. The number of nitrogens with one attached hydrogen (secondary N) is 1. The van der Waals surface area contributed by atoms with Crippen LogP contribution < -0.4 is 10.1 Å². The predicted molar refractivity (Wildman–Crippen MR) is 72.9 cm³/mol. The first-order valence-electron chi connectivity index (χ1n) is 7.27. The Bertz CT molecular complexity index is 437. The molecule has 0 amide bonds. The Morgan fingerprint density at radius 2 is 2.21 bits per heavy atom. The molecule has 1 heterocycles. The second kappa shape index (κ2) is 5.78. The van der Waals surface area contributed by atoms with E-state index in [1.165, 1.54) is 12.8 Å². The minimum absolute atomic E-state index is 0.411. The third-order valence-electron chi connectivity index (χ3n) is 4.02. The van der Waals surface area contributed by atoms with Crippen LogP contribution in [-0.4, -0.2) is 17.6 Å². The van der Waals surface area contributed by atoms with E-state index in [0.29, 0.717) is 30.6 Å². The Hall–Kier alpha value is -1.29. The molecule has 2 aliphatic rings. The minimum Gasteiger partial charge on any atom is -0.450 e. The van der Waals surface area contributed by atoms with Crippen molar-refractivity contribution in [2.75, 3.05) is 6.61 Å². The van der Waals surface area contributed by atoms with E-state index in [1.807, 2.05) is 0 Å². The lowest BCUT2D eigenvalue weighted by Gasteiger charge is -2.24. The Balaban J connectivity index is 1.45. The van der Waals surface area contributed by atoms with E-state index in [-0.39, 0.29) is 0 Å². The molecule has 1 N–H and O–H groups in total. The zero-order valence-electron chi connectivity index (χ0n) is 11.5. The van der Waals surface area contributed by atoms with Gasteiger partial charge in [-0.2, -0.15) is 4.98 Å². The van der Waals surface area contributed by atoms with E-state index in [1.54, 1.807) is 6.26 Å². The predicted octanol–water partition coefficient (Wildman–Crippen LogP) is 2.91. The average molecular weight is 262 g/mol. The number of oxazole rings is 1. The molecule has 0 aliphatic heterocycles. The van der Waals surface area contributed by atoms with Crippen LogP contribution in [0.3, 0.4) is 0 Å². The topological polar surface area (TPSA) is 47.3 Å². The zero-order valence-corrected chi connectivity index (χ0v) is 11.5. The molecule has 1 fully saturated rings. The van der Waals surface area contributed by atoms with Gasteiger partial charge < -0.3 is 14.5 Å². The second-order valence-electron chi connectivity index (χ2n) is 5.75. The number of ether oxygens (including phenoxy) is 1. The monoisotopic (exact) mass is 262 g/mol. The first-order valence-corrected chi connectivity index (χ1v) is 7.27. The summed E-state index contributed by atoms with van der Waals surface area (Å²) >= 11 is 0. The smallest absolute Gasteiger partial charge is 0.393 e. The van der Waals surface area contributed by atoms with E-state index < -0.39 is 0 Å². The third-order valence-corrected chi connectivity index (χ3v) is 4.02. The number of hydrogen-bond acceptors (Lipinski definition) is 4. The minimum atomic E-state index is 0.411. The first kappa shape index (κ1) is 12.7. The van der Waals surface area contributed by atoms with E-state index in [0.717, 1.165) is 25.1 Å². The number of allylic oxidation sites excluding steroid dienone is 2. The highest BCUT2D eigenvalue weighted by molar-refractivity contribution is 5.01. The van der Waals surface area contributed by atoms with Crippen LogP contribution in [0.15, 0.2) is 22.8 Å². The van der Waals surface area contributed by atoms with Crippen molar-refractivity contribution in [2.45, 2.75) is 45.2 Å². The highest BCUT2D eigenvalue weighted by atomic mass is 16.6. The largest absolute Gasteiger partial charge is 0.450 e. The second-order valence-corrected chi connectivity index (χ2v) is 5.75. The van der Waals surface area contributed by atoms with Crippen molar-refractivity contribution in [2.24, 2.45) is 11.8 Å². The fraction of sp³-hybridized carbons (Fsp3) is 0.667. The molecule has 19 heavy (non-hydrogen) atoms. The van der Waals surface area contributed by atoms with Crippen LogP contribution in [0.1, 0.15) is 38.3 Å². The van der Waals surface area contributed by atoms with Crippen LogP contribution in [0.2, 0.25) is 0 Å². The Labute approximate surface area is 114 Å². The molecule has 2 unspecified atom stereocenters. The van der Waals surface area contributed by atoms with E-state index in [4.69, 9.17) is 9.15 Å². The van der Waals surface area contributed by atoms with E-state index in [2.05, 4.69) is 29.4 Å². The lowest BCUT2D eigenvalue weighted by atomic mass is 9.85. The maximum Gasteiger partial charge on any atom is 0.393 e. The summed E-state index contributed by atoms with van der Waals surface area (Å²) in [7, 11) is 0. The third kappa shape index (κ3) is 3.60. The van der Waals surface area contributed by atoms with Crippen LogP contribution in [0.5, 0.6) is 6.08 Å². The number of rotatable bonds is 6. The van der Waals surface area contributed by atoms with Crippen molar-refractivity contribution >= 4 is 0 Å². The van der Waals surface area contributed by atoms with Gasteiger partial charge in [0, 0.05) is 12.6 Å². The lowest BCUT2D eigenvalue weighted by Crippen LogP contribution is -2.21. The van der Waals surface area contributed by atoms with Crippen LogP contribution in [-0.2, 0) is 6.54 Å². The fourth-order valence-electron chi connectivity index (χ4n) is 2.39. The molecule has 1 saturated carbocycles. The lowest BCUT2D eigenvalue weighted by molar-refractivity contribution is 0.157. The average Bonchev–Trinajstić information content (AvgIpc) is 3.14. The van der Waals surface area contributed by atoms with Gasteiger partial charge in [0.2, 0.25) is 0 Å². The first-order chi connectivity index (χ1) is 9.31. The summed E-state index contributed by atoms with van der Waals surface area (Å²) in [5.41, 5.74) is 0.929. The van der Waals surface area contributed by atoms with Crippen LogP contribution in [0.25, 0.3) is 0 Å². The van der Waals surface area contributed by atoms with E-state index >= 15 is 0 Å². The maximum atomic E-state index is 5.68. The zero-order chi connectivity index (χ0) is 13.1. The Kier molecular flexibility index (Phi) is 3.87. The van der Waals surface area contributed by atoms with Crippen molar-refractivity contribution in [3.05, 3.63) is 24.1 Å². The normalized spacial score (nSPS) is 26.6. The molecule has 1 aromatic heterocycles. The molecule has 0 radical (unpaired) electrons. The summed E-state index contributed by atoms with van der Waals surface area (Å²) in [5.74, 6) is 1.25. The van der Waals surface area contributed by atoms with Gasteiger partial charge in [-0.05, 0) is 37.5 Å². The van der Waals surface area contributed by atoms with Crippen LogP contribution in [0, 0.1) is 11.8 Å². The van der Waals surface area contributed by atoms with E-state index in [9.17, 15) is 0 Å². The van der Waals surface area contributed by atoms with Crippen molar-refractivity contribution in [1.82, 2.24) is 10.3 Å². The molecule has 0 aromatic carbocycles. The molecule has 0 spiro atoms. The molecule has 3 rings (SSSR count). The van der Waals surface area contributed by atoms with Crippen molar-refractivity contribution < 1.29 is 9.15 Å². The van der Waals surface area contributed by atoms with Crippen molar-refractivity contribution in [1.29, 1.82) is 0 Å². The summed E-state index contributed by atoms with van der Waals surface area (Å²) in [6.45, 7) is 3.75. The van der Waals surface area contributed by atoms with Gasteiger partial charge in [-0.25, -0.2) is 0 Å². The standard InChI is InChI=1S/C15H22N2O2/c1-11-4-2-3-5-12(11)9-18-15-17-14(10-19-15)8-16-13-6-7-13/h2-3,10-13,16H,4-9H2,1H3. The highest BCUT2D eigenvalue weighted by Gasteiger charge is 2.21. The Morgan fingerprint density at radius 1 is 1.37 bits per heavy atom. The number of aromatic nitrogens is 1. The quantitative estimate of drug-likeness (QED) is 0.801. The van der Waals surface area contributed by atoms with Gasteiger partial charge in [0.25, 0.3) is 0 Å². The molecule has 0 saturated heterocycles. The fourth-order valence-corrected chi connectivity index (χ4v) is 2.39. The van der Waals surface area contributed by atoms with Gasteiger partial charge in [0.1, 0.15) is 6.26 Å². The van der Waals surface area contributed by atoms with Gasteiger partial charge in [-0.3, -0.25) is 0 Å². The van der Waals surface area contributed by atoms with Gasteiger partial charge in [0.05, 0.1) is 12.3 Å². The molecular weight excluding hydrogens is 240 g/mol. The maximum absolute atomic E-state index is 5.68. The van der Waals surface area contributed by atoms with Crippen LogP contribution >= 0.6 is 0 Å². The summed E-state index contributed by atoms with van der Waals surface area (Å²) in [6.07, 6.45) is 11.4. The molecule has 0 bridgehead atoms.